The van der Waals surface area contributed by atoms with E-state index in [-0.39, 0.29) is 13.2 Å². The number of hydrogen-bond donors (Lipinski definition) is 0. The number of hydrogen-bond acceptors (Lipinski definition) is 7. The number of benzene rings is 3. The fraction of sp³-hybridized carbons (Fsp3) is 0.276. The molecule has 3 aromatic rings. The van der Waals surface area contributed by atoms with Gasteiger partial charge in [-0.3, -0.25) is 14.6 Å². The van der Waals surface area contributed by atoms with Crippen molar-refractivity contribution in [3.8, 4) is 5.75 Å². The van der Waals surface area contributed by atoms with E-state index < -0.39 is 29.8 Å². The van der Waals surface area contributed by atoms with Gasteiger partial charge in [-0.25, -0.2) is 0 Å². The van der Waals surface area contributed by atoms with Gasteiger partial charge in [0.25, 0.3) is 0 Å². The minimum atomic E-state index is -1.20. The highest BCUT2D eigenvalue weighted by Crippen LogP contribution is 2.45. The summed E-state index contributed by atoms with van der Waals surface area (Å²) in [6.45, 7) is 3.74. The van der Waals surface area contributed by atoms with Gasteiger partial charge in [0.1, 0.15) is 5.75 Å². The molecule has 0 radical (unpaired) electrons. The Morgan fingerprint density at radius 1 is 0.833 bits per heavy atom. The normalized spacial score (nSPS) is 17.0. The fourth-order valence-electron chi connectivity index (χ4n) is 4.55. The SMILES string of the molecule is CCOC(=O)C(C(=O)OCC)[C@H]1C(c2ccccc2)=NN(c2ccccc2)[C@@H]1c1ccc(OC)cc1. The maximum absolute atomic E-state index is 13.3. The molecule has 0 N–H and O–H groups in total. The van der Waals surface area contributed by atoms with E-state index in [1.165, 1.54) is 0 Å². The van der Waals surface area contributed by atoms with Gasteiger partial charge >= 0.3 is 11.9 Å². The molecule has 0 saturated carbocycles. The molecule has 0 bridgehead atoms. The zero-order valence-electron chi connectivity index (χ0n) is 20.7. The number of esters is 2. The van der Waals surface area contributed by atoms with E-state index in [9.17, 15) is 9.59 Å². The summed E-state index contributed by atoms with van der Waals surface area (Å²) in [6, 6.07) is 26.4. The first-order chi connectivity index (χ1) is 17.6. The van der Waals surface area contributed by atoms with Crippen LogP contribution in [0.15, 0.2) is 90.0 Å². The van der Waals surface area contributed by atoms with Crippen molar-refractivity contribution in [2.75, 3.05) is 25.3 Å². The van der Waals surface area contributed by atoms with Gasteiger partial charge in [-0.2, -0.15) is 5.10 Å². The molecule has 36 heavy (non-hydrogen) atoms. The topological polar surface area (TPSA) is 77.4 Å². The summed E-state index contributed by atoms with van der Waals surface area (Å²) in [5, 5.41) is 6.89. The molecule has 1 aliphatic heterocycles. The van der Waals surface area contributed by atoms with Gasteiger partial charge < -0.3 is 14.2 Å². The predicted molar refractivity (Wildman–Crippen MR) is 138 cm³/mol. The van der Waals surface area contributed by atoms with Gasteiger partial charge in [-0.05, 0) is 49.2 Å². The minimum Gasteiger partial charge on any atom is -0.497 e. The molecule has 0 fully saturated rings. The van der Waals surface area contributed by atoms with Gasteiger partial charge in [0.2, 0.25) is 0 Å². The van der Waals surface area contributed by atoms with E-state index in [0.29, 0.717) is 11.5 Å². The van der Waals surface area contributed by atoms with Gasteiger partial charge in [0.15, 0.2) is 5.92 Å². The molecule has 0 saturated heterocycles. The molecule has 1 aliphatic rings. The smallest absolute Gasteiger partial charge is 0.321 e. The average Bonchev–Trinajstić information content (AvgIpc) is 3.30. The van der Waals surface area contributed by atoms with Crippen molar-refractivity contribution in [1.29, 1.82) is 0 Å². The number of carbonyl (C=O) groups excluding carboxylic acids is 2. The van der Waals surface area contributed by atoms with E-state index in [0.717, 1.165) is 16.8 Å². The molecule has 186 valence electrons. The maximum Gasteiger partial charge on any atom is 0.321 e. The Labute approximate surface area is 211 Å². The molecule has 1 heterocycles. The average molecular weight is 487 g/mol. The first-order valence-corrected chi connectivity index (χ1v) is 12.0. The molecule has 0 amide bonds. The van der Waals surface area contributed by atoms with Crippen molar-refractivity contribution in [2.45, 2.75) is 19.9 Å². The van der Waals surface area contributed by atoms with Crippen LogP contribution in [0.25, 0.3) is 0 Å². The van der Waals surface area contributed by atoms with E-state index in [1.807, 2.05) is 89.9 Å². The van der Waals surface area contributed by atoms with Gasteiger partial charge in [0, 0.05) is 0 Å². The highest BCUT2D eigenvalue weighted by molar-refractivity contribution is 6.10. The zero-order chi connectivity index (χ0) is 25.5. The minimum absolute atomic E-state index is 0.148. The lowest BCUT2D eigenvalue weighted by Crippen LogP contribution is -2.41. The molecule has 4 rings (SSSR count). The number of para-hydroxylation sites is 1. The van der Waals surface area contributed by atoms with Crippen molar-refractivity contribution in [2.24, 2.45) is 16.9 Å². The van der Waals surface area contributed by atoms with Gasteiger partial charge in [-0.15, -0.1) is 0 Å². The van der Waals surface area contributed by atoms with Gasteiger partial charge in [-0.1, -0.05) is 60.7 Å². The lowest BCUT2D eigenvalue weighted by atomic mass is 9.77. The molecule has 0 spiro atoms. The molecule has 0 aliphatic carbocycles. The van der Waals surface area contributed by atoms with Crippen molar-refractivity contribution in [3.63, 3.8) is 0 Å². The Morgan fingerprint density at radius 3 is 1.92 bits per heavy atom. The van der Waals surface area contributed by atoms with E-state index in [1.54, 1.807) is 21.0 Å². The van der Waals surface area contributed by atoms with Crippen LogP contribution in [0.1, 0.15) is 31.0 Å². The van der Waals surface area contributed by atoms with Crippen LogP contribution in [-0.4, -0.2) is 38.0 Å². The third kappa shape index (κ3) is 5.10. The van der Waals surface area contributed by atoms with Gasteiger partial charge in [0.05, 0.1) is 43.7 Å². The highest BCUT2D eigenvalue weighted by Gasteiger charge is 2.51. The zero-order valence-corrected chi connectivity index (χ0v) is 20.7. The Balaban J connectivity index is 1.94. The van der Waals surface area contributed by atoms with Crippen LogP contribution in [0.3, 0.4) is 0 Å². The maximum atomic E-state index is 13.3. The first-order valence-electron chi connectivity index (χ1n) is 12.0. The Hall–Kier alpha value is -4.13. The Bertz CT molecular complexity index is 1180. The molecule has 2 atom stereocenters. The summed E-state index contributed by atoms with van der Waals surface area (Å²) in [5.41, 5.74) is 3.14. The Kier molecular flexibility index (Phi) is 8.00. The number of nitrogens with zero attached hydrogens (tertiary/aromatic N) is 2. The molecule has 0 aromatic heterocycles. The largest absolute Gasteiger partial charge is 0.497 e. The van der Waals surface area contributed by atoms with Crippen molar-refractivity contribution >= 4 is 23.3 Å². The van der Waals surface area contributed by atoms with Crippen molar-refractivity contribution < 1.29 is 23.8 Å². The summed E-state index contributed by atoms with van der Waals surface area (Å²) in [4.78, 5) is 26.7. The van der Waals surface area contributed by atoms with E-state index >= 15 is 0 Å². The molecule has 7 heteroatoms. The van der Waals surface area contributed by atoms with Crippen LogP contribution in [0.2, 0.25) is 0 Å². The van der Waals surface area contributed by atoms with Crippen LogP contribution in [0.5, 0.6) is 5.75 Å². The third-order valence-corrected chi connectivity index (χ3v) is 6.12. The number of methoxy groups -OCH3 is 1. The lowest BCUT2D eigenvalue weighted by molar-refractivity contribution is -0.163. The third-order valence-electron chi connectivity index (χ3n) is 6.12. The summed E-state index contributed by atoms with van der Waals surface area (Å²) < 4.78 is 16.2. The monoisotopic (exact) mass is 486 g/mol. The summed E-state index contributed by atoms with van der Waals surface area (Å²) >= 11 is 0. The van der Waals surface area contributed by atoms with Crippen LogP contribution in [0, 0.1) is 11.8 Å². The quantitative estimate of drug-likeness (QED) is 0.312. The summed E-state index contributed by atoms with van der Waals surface area (Å²) in [6.07, 6.45) is 0. The van der Waals surface area contributed by atoms with Crippen LogP contribution in [0.4, 0.5) is 5.69 Å². The molecule has 3 aromatic carbocycles. The first kappa shape index (κ1) is 25.0. The van der Waals surface area contributed by atoms with Crippen LogP contribution >= 0.6 is 0 Å². The predicted octanol–water partition coefficient (Wildman–Crippen LogP) is 5.02. The fourth-order valence-corrected chi connectivity index (χ4v) is 4.55. The second kappa shape index (κ2) is 11.5. The van der Waals surface area contributed by atoms with E-state index in [4.69, 9.17) is 19.3 Å². The number of rotatable bonds is 9. The number of hydrazone groups is 1. The molecular weight excluding hydrogens is 456 g/mol. The standard InChI is InChI=1S/C29H30N2O5/c1-4-35-28(32)25(29(33)36-5-2)24-26(20-12-8-6-9-13-20)30-31(22-14-10-7-11-15-22)27(24)21-16-18-23(34-3)19-17-21/h6-19,24-25,27H,4-5H2,1-3H3/t24-,27+/m0/s1. The van der Waals surface area contributed by atoms with Crippen molar-refractivity contribution in [3.05, 3.63) is 96.1 Å². The Morgan fingerprint density at radius 2 is 1.39 bits per heavy atom. The van der Waals surface area contributed by atoms with E-state index in [2.05, 4.69) is 0 Å². The number of ether oxygens (including phenoxy) is 3. The van der Waals surface area contributed by atoms with Crippen molar-refractivity contribution in [1.82, 2.24) is 0 Å². The summed E-state index contributed by atoms with van der Waals surface area (Å²) in [7, 11) is 1.61. The number of anilines is 1. The lowest BCUT2D eigenvalue weighted by Gasteiger charge is -2.31. The highest BCUT2D eigenvalue weighted by atomic mass is 16.6. The molecular formula is C29H30N2O5. The molecule has 0 unspecified atom stereocenters. The van der Waals surface area contributed by atoms with Crippen LogP contribution < -0.4 is 9.75 Å². The van der Waals surface area contributed by atoms with Crippen LogP contribution in [-0.2, 0) is 19.1 Å². The molecule has 7 nitrogen and oxygen atoms in total. The number of carbonyl (C=O) groups is 2. The second-order valence-corrected chi connectivity index (χ2v) is 8.26. The second-order valence-electron chi connectivity index (χ2n) is 8.26. The summed E-state index contributed by atoms with van der Waals surface area (Å²) in [5.74, 6) is -2.42.